The van der Waals surface area contributed by atoms with Gasteiger partial charge in [0, 0.05) is 6.42 Å². The highest BCUT2D eigenvalue weighted by molar-refractivity contribution is 5.83. The molecule has 0 fully saturated rings. The number of carbonyl (C=O) groups is 3. The summed E-state index contributed by atoms with van der Waals surface area (Å²) in [5.74, 6) is -3.23. The van der Waals surface area contributed by atoms with Gasteiger partial charge in [0.2, 0.25) is 5.91 Å². The maximum Gasteiger partial charge on any atom is 0.334 e. The number of nitrogens with two attached hydrogens (primary N) is 1. The number of amides is 1. The van der Waals surface area contributed by atoms with Crippen molar-refractivity contribution in [3.63, 3.8) is 0 Å². The van der Waals surface area contributed by atoms with Gasteiger partial charge in [0.05, 0.1) is 12.6 Å². The van der Waals surface area contributed by atoms with Crippen LogP contribution in [0.25, 0.3) is 0 Å². The van der Waals surface area contributed by atoms with Crippen molar-refractivity contribution in [3.05, 3.63) is 0 Å². The molecule has 0 aliphatic heterocycles. The molecule has 0 rings (SSSR count). The molecule has 0 aromatic rings. The van der Waals surface area contributed by atoms with Crippen molar-refractivity contribution >= 4 is 17.8 Å². The number of carboxylic acid groups (broad SMARTS) is 2. The van der Waals surface area contributed by atoms with E-state index < -0.39 is 36.5 Å². The van der Waals surface area contributed by atoms with Gasteiger partial charge in [0.25, 0.3) is 0 Å². The maximum atomic E-state index is 11.1. The van der Waals surface area contributed by atoms with Crippen LogP contribution in [0.3, 0.4) is 0 Å². The van der Waals surface area contributed by atoms with Crippen molar-refractivity contribution in [2.75, 3.05) is 6.54 Å². The SMILES string of the molecule is NC(CCC(=O)O)C(=O)NC[C@H](O)C(=O)O. The summed E-state index contributed by atoms with van der Waals surface area (Å²) >= 11 is 0. The van der Waals surface area contributed by atoms with E-state index in [9.17, 15) is 14.4 Å². The lowest BCUT2D eigenvalue weighted by atomic mass is 10.1. The van der Waals surface area contributed by atoms with Gasteiger partial charge in [-0.25, -0.2) is 4.79 Å². The second kappa shape index (κ2) is 6.75. The lowest BCUT2D eigenvalue weighted by Gasteiger charge is -2.12. The number of hydrogen-bond acceptors (Lipinski definition) is 5. The summed E-state index contributed by atoms with van der Waals surface area (Å²) in [4.78, 5) is 31.5. The van der Waals surface area contributed by atoms with Crippen molar-refractivity contribution in [2.24, 2.45) is 5.73 Å². The maximum absolute atomic E-state index is 11.1. The van der Waals surface area contributed by atoms with Crippen molar-refractivity contribution < 1.29 is 29.7 Å². The second-order valence-corrected chi connectivity index (χ2v) is 3.14. The van der Waals surface area contributed by atoms with Crippen LogP contribution in [0.4, 0.5) is 0 Å². The first-order valence-electron chi connectivity index (χ1n) is 4.50. The fourth-order valence-corrected chi connectivity index (χ4v) is 0.826. The quantitative estimate of drug-likeness (QED) is 0.333. The highest BCUT2D eigenvalue weighted by Gasteiger charge is 2.18. The van der Waals surface area contributed by atoms with E-state index in [0.29, 0.717) is 0 Å². The largest absolute Gasteiger partial charge is 0.481 e. The zero-order valence-corrected chi connectivity index (χ0v) is 8.42. The molecule has 0 aliphatic carbocycles. The third-order valence-corrected chi connectivity index (χ3v) is 1.76. The highest BCUT2D eigenvalue weighted by Crippen LogP contribution is 1.94. The molecule has 8 heteroatoms. The van der Waals surface area contributed by atoms with Crippen LogP contribution in [0.1, 0.15) is 12.8 Å². The lowest BCUT2D eigenvalue weighted by molar-refractivity contribution is -0.146. The van der Waals surface area contributed by atoms with Crippen LogP contribution in [-0.4, -0.2) is 51.9 Å². The third kappa shape index (κ3) is 5.94. The molecule has 0 saturated heterocycles. The molecule has 2 atom stereocenters. The number of aliphatic carboxylic acids is 2. The minimum absolute atomic E-state index is 0.0513. The van der Waals surface area contributed by atoms with Crippen LogP contribution in [0, 0.1) is 0 Å². The van der Waals surface area contributed by atoms with E-state index in [-0.39, 0.29) is 12.8 Å². The van der Waals surface area contributed by atoms with Crippen LogP contribution in [0.2, 0.25) is 0 Å². The lowest BCUT2D eigenvalue weighted by Crippen LogP contribution is -2.45. The third-order valence-electron chi connectivity index (χ3n) is 1.76. The zero-order valence-electron chi connectivity index (χ0n) is 8.42. The summed E-state index contributed by atoms with van der Waals surface area (Å²) in [6.45, 7) is -0.463. The molecule has 0 heterocycles. The molecule has 0 saturated carbocycles. The van der Waals surface area contributed by atoms with E-state index in [1.54, 1.807) is 0 Å². The number of nitrogens with one attached hydrogen (secondary N) is 1. The molecule has 0 spiro atoms. The average Bonchev–Trinajstić information content (AvgIpc) is 2.21. The summed E-state index contributed by atoms with van der Waals surface area (Å²) < 4.78 is 0. The first-order chi connectivity index (χ1) is 7.34. The smallest absolute Gasteiger partial charge is 0.334 e. The minimum atomic E-state index is -1.70. The van der Waals surface area contributed by atoms with Gasteiger partial charge in [0.15, 0.2) is 6.10 Å². The Morgan fingerprint density at radius 3 is 2.25 bits per heavy atom. The Bertz CT molecular complexity index is 280. The van der Waals surface area contributed by atoms with Gasteiger partial charge >= 0.3 is 11.9 Å². The highest BCUT2D eigenvalue weighted by atomic mass is 16.4. The fraction of sp³-hybridized carbons (Fsp3) is 0.625. The van der Waals surface area contributed by atoms with Gasteiger partial charge in [-0.3, -0.25) is 9.59 Å². The van der Waals surface area contributed by atoms with E-state index in [2.05, 4.69) is 5.32 Å². The Morgan fingerprint density at radius 2 is 1.81 bits per heavy atom. The van der Waals surface area contributed by atoms with E-state index in [1.165, 1.54) is 0 Å². The topological polar surface area (TPSA) is 150 Å². The van der Waals surface area contributed by atoms with Gasteiger partial charge < -0.3 is 26.4 Å². The van der Waals surface area contributed by atoms with Gasteiger partial charge in [-0.05, 0) is 6.42 Å². The van der Waals surface area contributed by atoms with E-state index in [0.717, 1.165) is 0 Å². The fourth-order valence-electron chi connectivity index (χ4n) is 0.826. The van der Waals surface area contributed by atoms with Crippen LogP contribution < -0.4 is 11.1 Å². The van der Waals surface area contributed by atoms with Crippen LogP contribution in [0.15, 0.2) is 0 Å². The molecule has 1 amide bonds. The van der Waals surface area contributed by atoms with Crippen LogP contribution in [-0.2, 0) is 14.4 Å². The van der Waals surface area contributed by atoms with E-state index in [1.807, 2.05) is 0 Å². The molecule has 0 aromatic heterocycles. The Hall–Kier alpha value is -1.67. The predicted octanol–water partition coefficient (Wildman–Crippen LogP) is -2.26. The first kappa shape index (κ1) is 14.3. The van der Waals surface area contributed by atoms with Crippen molar-refractivity contribution in [3.8, 4) is 0 Å². The number of rotatable bonds is 7. The Kier molecular flexibility index (Phi) is 6.04. The number of carboxylic acids is 2. The summed E-state index contributed by atoms with van der Waals surface area (Å²) in [5.41, 5.74) is 5.32. The zero-order chi connectivity index (χ0) is 12.7. The molecule has 0 bridgehead atoms. The normalized spacial score (nSPS) is 13.9. The van der Waals surface area contributed by atoms with E-state index in [4.69, 9.17) is 21.1 Å². The first-order valence-corrected chi connectivity index (χ1v) is 4.50. The average molecular weight is 234 g/mol. The molecule has 0 aromatic carbocycles. The standard InChI is InChI=1S/C8H14N2O6/c9-4(1-2-6(12)13)7(14)10-3-5(11)8(15)16/h4-5,11H,1-3,9H2,(H,10,14)(H,12,13)(H,15,16)/t4?,5-/m0/s1. The minimum Gasteiger partial charge on any atom is -0.481 e. The Morgan fingerprint density at radius 1 is 1.25 bits per heavy atom. The number of hydrogen-bond donors (Lipinski definition) is 5. The molecule has 1 unspecified atom stereocenters. The van der Waals surface area contributed by atoms with Crippen molar-refractivity contribution in [1.82, 2.24) is 5.32 Å². The Balaban J connectivity index is 3.87. The van der Waals surface area contributed by atoms with Crippen LogP contribution >= 0.6 is 0 Å². The second-order valence-electron chi connectivity index (χ2n) is 3.14. The molecule has 6 N–H and O–H groups in total. The molecule has 0 radical (unpaired) electrons. The van der Waals surface area contributed by atoms with E-state index >= 15 is 0 Å². The molecule has 16 heavy (non-hydrogen) atoms. The molecule has 0 aliphatic rings. The van der Waals surface area contributed by atoms with Gasteiger partial charge in [-0.2, -0.15) is 0 Å². The van der Waals surface area contributed by atoms with Crippen LogP contribution in [0.5, 0.6) is 0 Å². The molecular weight excluding hydrogens is 220 g/mol. The summed E-state index contributed by atoms with van der Waals surface area (Å²) in [7, 11) is 0. The molecule has 8 nitrogen and oxygen atoms in total. The van der Waals surface area contributed by atoms with Crippen molar-refractivity contribution in [2.45, 2.75) is 25.0 Å². The monoisotopic (exact) mass is 234 g/mol. The van der Waals surface area contributed by atoms with Gasteiger partial charge in [-0.1, -0.05) is 0 Å². The summed E-state index contributed by atoms with van der Waals surface area (Å²) in [5, 5.41) is 27.6. The Labute approximate surface area is 91.1 Å². The summed E-state index contributed by atoms with van der Waals surface area (Å²) in [6, 6.07) is -1.03. The number of carbonyl (C=O) groups excluding carboxylic acids is 1. The molecular formula is C8H14N2O6. The number of aliphatic hydroxyl groups is 1. The number of aliphatic hydroxyl groups excluding tert-OH is 1. The predicted molar refractivity (Wildman–Crippen MR) is 51.5 cm³/mol. The molecule has 92 valence electrons. The van der Waals surface area contributed by atoms with Crippen molar-refractivity contribution in [1.29, 1.82) is 0 Å². The van der Waals surface area contributed by atoms with Gasteiger partial charge in [-0.15, -0.1) is 0 Å². The van der Waals surface area contributed by atoms with Gasteiger partial charge in [0.1, 0.15) is 0 Å². The summed E-state index contributed by atoms with van der Waals surface area (Å²) in [6.07, 6.45) is -2.00.